The lowest BCUT2D eigenvalue weighted by atomic mass is 9.84. The van der Waals surface area contributed by atoms with E-state index in [9.17, 15) is 18.0 Å². The molecule has 2 aliphatic heterocycles. The van der Waals surface area contributed by atoms with Crippen LogP contribution in [-0.2, 0) is 21.4 Å². The minimum atomic E-state index is -3.67. The van der Waals surface area contributed by atoms with Gasteiger partial charge in [0.05, 0.1) is 10.5 Å². The van der Waals surface area contributed by atoms with Crippen LogP contribution in [0.5, 0.6) is 0 Å². The van der Waals surface area contributed by atoms with Crippen molar-refractivity contribution in [3.05, 3.63) is 70.0 Å². The van der Waals surface area contributed by atoms with Crippen LogP contribution in [0.2, 0.25) is 0 Å². The average Bonchev–Trinajstić information content (AvgIpc) is 3.29. The second-order valence-corrected chi connectivity index (χ2v) is 11.3. The Morgan fingerprint density at radius 3 is 2.53 bits per heavy atom. The molecule has 166 valence electrons. The Hall–Kier alpha value is -2.75. The molecule has 5 rings (SSSR count). The third-order valence-electron chi connectivity index (χ3n) is 6.17. The molecular formula is C23H23N3O4S2. The molecule has 3 aromatic rings. The molecule has 9 heteroatoms. The molecule has 1 saturated heterocycles. The van der Waals surface area contributed by atoms with Crippen molar-refractivity contribution in [2.45, 2.75) is 30.7 Å². The van der Waals surface area contributed by atoms with Gasteiger partial charge in [-0.3, -0.25) is 9.59 Å². The lowest BCUT2D eigenvalue weighted by Crippen LogP contribution is -2.49. The van der Waals surface area contributed by atoms with Gasteiger partial charge >= 0.3 is 0 Å². The van der Waals surface area contributed by atoms with Gasteiger partial charge in [0.15, 0.2) is 0 Å². The van der Waals surface area contributed by atoms with Crippen LogP contribution in [-0.4, -0.2) is 36.3 Å². The number of amides is 1. The molecule has 1 fully saturated rings. The van der Waals surface area contributed by atoms with E-state index >= 15 is 0 Å². The molecule has 0 radical (unpaired) electrons. The quantitative estimate of drug-likeness (QED) is 0.635. The van der Waals surface area contributed by atoms with Crippen molar-refractivity contribution in [2.24, 2.45) is 5.92 Å². The van der Waals surface area contributed by atoms with Gasteiger partial charge in [-0.15, -0.1) is 11.3 Å². The summed E-state index contributed by atoms with van der Waals surface area (Å²) in [6, 6.07) is 14.0. The molecule has 2 aliphatic rings. The topological polar surface area (TPSA) is 88.5 Å². The summed E-state index contributed by atoms with van der Waals surface area (Å²) in [6.07, 6.45) is 0.880. The van der Waals surface area contributed by atoms with Gasteiger partial charge in [-0.1, -0.05) is 6.07 Å². The zero-order chi connectivity index (χ0) is 22.5. The molecule has 2 bridgehead atoms. The predicted molar refractivity (Wildman–Crippen MR) is 124 cm³/mol. The summed E-state index contributed by atoms with van der Waals surface area (Å²) < 4.78 is 30.0. The van der Waals surface area contributed by atoms with Gasteiger partial charge in [-0.25, -0.2) is 8.42 Å². The first kappa shape index (κ1) is 21.1. The summed E-state index contributed by atoms with van der Waals surface area (Å²) >= 11 is 1.54. The van der Waals surface area contributed by atoms with Crippen molar-refractivity contribution < 1.29 is 13.2 Å². The molecule has 32 heavy (non-hydrogen) atoms. The van der Waals surface area contributed by atoms with E-state index in [1.807, 2.05) is 34.2 Å². The van der Waals surface area contributed by atoms with Gasteiger partial charge in [0, 0.05) is 48.7 Å². The number of anilines is 1. The Morgan fingerprint density at radius 1 is 1.06 bits per heavy atom. The summed E-state index contributed by atoms with van der Waals surface area (Å²) in [4.78, 5) is 25.5. The number of fused-ring (bicyclic) bond motifs is 4. The lowest BCUT2D eigenvalue weighted by molar-refractivity contribution is -0.114. The van der Waals surface area contributed by atoms with E-state index in [0.717, 1.165) is 17.0 Å². The van der Waals surface area contributed by atoms with Crippen LogP contribution >= 0.6 is 11.3 Å². The molecular weight excluding hydrogens is 446 g/mol. The van der Waals surface area contributed by atoms with Crippen LogP contribution in [0, 0.1) is 5.92 Å². The Morgan fingerprint density at radius 2 is 1.84 bits per heavy atom. The number of carbonyl (C=O) groups is 1. The number of hydrogen-bond acceptors (Lipinski definition) is 5. The molecule has 7 nitrogen and oxygen atoms in total. The summed E-state index contributed by atoms with van der Waals surface area (Å²) in [5, 5.41) is 4.60. The monoisotopic (exact) mass is 469 g/mol. The number of aromatic nitrogens is 1. The summed E-state index contributed by atoms with van der Waals surface area (Å²) in [5.74, 6) is -0.132. The lowest BCUT2D eigenvalue weighted by Gasteiger charge is -2.42. The van der Waals surface area contributed by atoms with Gasteiger partial charge in [-0.2, -0.15) is 4.31 Å². The Bertz CT molecular complexity index is 1330. The summed E-state index contributed by atoms with van der Waals surface area (Å²) in [7, 11) is -3.67. The molecule has 2 atom stereocenters. The first-order chi connectivity index (χ1) is 15.3. The normalized spacial score (nSPS) is 20.5. The number of pyridine rings is 1. The van der Waals surface area contributed by atoms with Crippen LogP contribution in [0.4, 0.5) is 5.69 Å². The number of thiophene rings is 1. The molecule has 1 amide bonds. The van der Waals surface area contributed by atoms with Gasteiger partial charge in [0.2, 0.25) is 15.9 Å². The number of hydrogen-bond donors (Lipinski definition) is 1. The van der Waals surface area contributed by atoms with Gasteiger partial charge < -0.3 is 9.88 Å². The Labute approximate surface area is 190 Å². The van der Waals surface area contributed by atoms with Gasteiger partial charge in [-0.05, 0) is 60.2 Å². The van der Waals surface area contributed by atoms with Crippen LogP contribution in [0.25, 0.3) is 10.4 Å². The maximum absolute atomic E-state index is 13.3. The molecule has 0 unspecified atom stereocenters. The summed E-state index contributed by atoms with van der Waals surface area (Å²) in [5.41, 5.74) is 2.17. The predicted octanol–water partition coefficient (Wildman–Crippen LogP) is 3.34. The fourth-order valence-corrected chi connectivity index (χ4v) is 7.08. The third kappa shape index (κ3) is 3.70. The SMILES string of the molecule is CC(=O)Nc1ccc(S(=O)(=O)N2C[C@H]3C[C@H](C2)c2ccc(-c4cccs4)c(=O)n2C3)cc1. The van der Waals surface area contributed by atoms with Crippen molar-refractivity contribution in [1.82, 2.24) is 8.87 Å². The largest absolute Gasteiger partial charge is 0.326 e. The molecule has 0 spiro atoms. The number of carbonyl (C=O) groups excluding carboxylic acids is 1. The maximum Gasteiger partial charge on any atom is 0.259 e. The molecule has 1 N–H and O–H groups in total. The zero-order valence-corrected chi connectivity index (χ0v) is 19.2. The van der Waals surface area contributed by atoms with Crippen molar-refractivity contribution >= 4 is 33.0 Å². The number of rotatable bonds is 4. The second-order valence-electron chi connectivity index (χ2n) is 8.39. The van der Waals surface area contributed by atoms with E-state index < -0.39 is 10.0 Å². The van der Waals surface area contributed by atoms with Crippen molar-refractivity contribution in [2.75, 3.05) is 18.4 Å². The third-order valence-corrected chi connectivity index (χ3v) is 8.92. The van der Waals surface area contributed by atoms with E-state index in [-0.39, 0.29) is 28.2 Å². The smallest absolute Gasteiger partial charge is 0.259 e. The van der Waals surface area contributed by atoms with Gasteiger partial charge in [0.1, 0.15) is 0 Å². The van der Waals surface area contributed by atoms with Crippen LogP contribution in [0.15, 0.2) is 63.6 Å². The van der Waals surface area contributed by atoms with Crippen molar-refractivity contribution in [3.8, 4) is 10.4 Å². The van der Waals surface area contributed by atoms with Crippen LogP contribution in [0.3, 0.4) is 0 Å². The first-order valence-corrected chi connectivity index (χ1v) is 12.8. The number of benzene rings is 1. The molecule has 0 saturated carbocycles. The number of piperidine rings is 1. The fraction of sp³-hybridized carbons (Fsp3) is 0.304. The maximum atomic E-state index is 13.3. The fourth-order valence-electron chi connectivity index (χ4n) is 4.78. The molecule has 0 aliphatic carbocycles. The van der Waals surface area contributed by atoms with E-state index in [2.05, 4.69) is 5.32 Å². The number of sulfonamides is 1. The number of nitrogens with one attached hydrogen (secondary N) is 1. The minimum Gasteiger partial charge on any atom is -0.326 e. The van der Waals surface area contributed by atoms with E-state index in [1.54, 1.807) is 27.8 Å². The molecule has 1 aromatic carbocycles. The van der Waals surface area contributed by atoms with Crippen LogP contribution in [0.1, 0.15) is 25.0 Å². The van der Waals surface area contributed by atoms with Crippen molar-refractivity contribution in [1.29, 1.82) is 0 Å². The standard InChI is InChI=1S/C23H23N3O4S2/c1-15(27)24-18-4-6-19(7-5-18)32(29,30)25-12-16-11-17(14-25)21-9-8-20(22-3-2-10-31-22)23(28)26(21)13-16/h2-10,16-17H,11-14H2,1H3,(H,24,27)/t16-,17-/m1/s1. The van der Waals surface area contributed by atoms with E-state index in [0.29, 0.717) is 30.9 Å². The average molecular weight is 470 g/mol. The van der Waals surface area contributed by atoms with Crippen LogP contribution < -0.4 is 10.9 Å². The van der Waals surface area contributed by atoms with E-state index in [1.165, 1.54) is 19.1 Å². The minimum absolute atomic E-state index is 0.00418. The zero-order valence-electron chi connectivity index (χ0n) is 17.5. The second kappa shape index (κ2) is 7.99. The number of nitrogens with zero attached hydrogens (tertiary/aromatic N) is 2. The highest BCUT2D eigenvalue weighted by Crippen LogP contribution is 2.38. The molecule has 4 heterocycles. The van der Waals surface area contributed by atoms with Crippen molar-refractivity contribution in [3.63, 3.8) is 0 Å². The van der Waals surface area contributed by atoms with E-state index in [4.69, 9.17) is 0 Å². The Balaban J connectivity index is 1.43. The highest BCUT2D eigenvalue weighted by molar-refractivity contribution is 7.89. The highest BCUT2D eigenvalue weighted by Gasteiger charge is 2.39. The molecule has 2 aromatic heterocycles. The first-order valence-electron chi connectivity index (χ1n) is 10.5. The highest BCUT2D eigenvalue weighted by atomic mass is 32.2. The summed E-state index contributed by atoms with van der Waals surface area (Å²) in [6.45, 7) is 2.67. The Kier molecular flexibility index (Phi) is 5.27. The van der Waals surface area contributed by atoms with Gasteiger partial charge in [0.25, 0.3) is 5.56 Å².